The number of ketones is 1. The highest BCUT2D eigenvalue weighted by Gasteiger charge is 2.40. The predicted molar refractivity (Wildman–Crippen MR) is 132 cm³/mol. The molecule has 7 nitrogen and oxygen atoms in total. The zero-order valence-electron chi connectivity index (χ0n) is 19.1. The zero-order chi connectivity index (χ0) is 23.4. The van der Waals surface area contributed by atoms with Crippen LogP contribution < -0.4 is 0 Å². The van der Waals surface area contributed by atoms with Crippen molar-refractivity contribution >= 4 is 42.9 Å². The molecular formula is C24H30ClFN4O3S. The molecule has 1 aromatic carbocycles. The molecule has 0 radical (unpaired) electrons. The van der Waals surface area contributed by atoms with Crippen molar-refractivity contribution in [3.63, 3.8) is 0 Å². The Balaban J connectivity index is 0.00000324. The van der Waals surface area contributed by atoms with Gasteiger partial charge >= 0.3 is 5.97 Å². The highest BCUT2D eigenvalue weighted by Crippen LogP contribution is 2.39. The number of aryl methyl sites for hydroxylation is 1. The highest BCUT2D eigenvalue weighted by atomic mass is 35.5. The minimum absolute atomic E-state index is 0. The lowest BCUT2D eigenvalue weighted by Gasteiger charge is -2.37. The Labute approximate surface area is 210 Å². The van der Waals surface area contributed by atoms with E-state index in [9.17, 15) is 14.0 Å². The molecule has 10 heteroatoms. The Morgan fingerprint density at radius 1 is 1.29 bits per heavy atom. The van der Waals surface area contributed by atoms with Crippen molar-refractivity contribution < 1.29 is 18.7 Å². The van der Waals surface area contributed by atoms with Crippen molar-refractivity contribution in [3.8, 4) is 0 Å². The van der Waals surface area contributed by atoms with E-state index in [1.54, 1.807) is 31.3 Å². The fraction of sp³-hybridized carbons (Fsp3) is 0.500. The van der Waals surface area contributed by atoms with E-state index < -0.39 is 6.04 Å². The number of thiol groups is 1. The third kappa shape index (κ3) is 6.46. The van der Waals surface area contributed by atoms with Gasteiger partial charge < -0.3 is 4.74 Å². The lowest BCUT2D eigenvalue weighted by atomic mass is 9.93. The SMILES string of the molecule is CCOC(=O)CCn1ncc(/C=C2\CN(C(C(=O)C3CC3)c3ccccc3F)CCC2S)n1.Cl. The topological polar surface area (TPSA) is 77.3 Å². The summed E-state index contributed by atoms with van der Waals surface area (Å²) in [5.41, 5.74) is 2.11. The molecule has 2 heterocycles. The van der Waals surface area contributed by atoms with Gasteiger partial charge in [0, 0.05) is 29.8 Å². The molecule has 0 bridgehead atoms. The molecule has 1 aliphatic carbocycles. The molecule has 0 N–H and O–H groups in total. The molecule has 2 aromatic rings. The Kier molecular flexibility index (Phi) is 9.27. The monoisotopic (exact) mass is 508 g/mol. The van der Waals surface area contributed by atoms with Gasteiger partial charge in [0.1, 0.15) is 11.5 Å². The number of halogens is 2. The average Bonchev–Trinajstić information content (AvgIpc) is 3.56. The summed E-state index contributed by atoms with van der Waals surface area (Å²) < 4.78 is 19.6. The molecule has 1 aromatic heterocycles. The Bertz CT molecular complexity index is 1040. The first-order valence-corrected chi connectivity index (χ1v) is 11.9. The minimum atomic E-state index is -0.594. The van der Waals surface area contributed by atoms with Gasteiger partial charge in [-0.3, -0.25) is 14.5 Å². The molecule has 1 aliphatic heterocycles. The molecule has 2 unspecified atom stereocenters. The Morgan fingerprint density at radius 3 is 2.76 bits per heavy atom. The third-order valence-corrected chi connectivity index (χ3v) is 6.62. The maximum atomic E-state index is 14.7. The summed E-state index contributed by atoms with van der Waals surface area (Å²) in [7, 11) is 0. The number of carbonyl (C=O) groups excluding carboxylic acids is 2. The third-order valence-electron chi connectivity index (χ3n) is 6.03. The van der Waals surface area contributed by atoms with Crippen LogP contribution in [0.4, 0.5) is 4.39 Å². The summed E-state index contributed by atoms with van der Waals surface area (Å²) in [6.07, 6.45) is 6.28. The lowest BCUT2D eigenvalue weighted by molar-refractivity contribution is -0.143. The molecule has 1 saturated carbocycles. The second-order valence-electron chi connectivity index (χ2n) is 8.52. The Morgan fingerprint density at radius 2 is 2.06 bits per heavy atom. The van der Waals surface area contributed by atoms with E-state index in [1.165, 1.54) is 10.9 Å². The van der Waals surface area contributed by atoms with Gasteiger partial charge in [-0.2, -0.15) is 27.6 Å². The second kappa shape index (κ2) is 12.0. The van der Waals surface area contributed by atoms with Gasteiger partial charge in [0.2, 0.25) is 0 Å². The van der Waals surface area contributed by atoms with Crippen molar-refractivity contribution in [2.24, 2.45) is 5.92 Å². The fourth-order valence-corrected chi connectivity index (χ4v) is 4.44. The van der Waals surface area contributed by atoms with E-state index in [2.05, 4.69) is 15.1 Å². The molecule has 2 atom stereocenters. The molecule has 34 heavy (non-hydrogen) atoms. The first kappa shape index (κ1) is 26.4. The normalized spacial score (nSPS) is 20.6. The van der Waals surface area contributed by atoms with E-state index in [4.69, 9.17) is 17.4 Å². The predicted octanol–water partition coefficient (Wildman–Crippen LogP) is 3.90. The van der Waals surface area contributed by atoms with Crippen molar-refractivity contribution in [2.45, 2.75) is 50.4 Å². The molecule has 0 amide bonds. The first-order chi connectivity index (χ1) is 16.0. The number of benzene rings is 1. The van der Waals surface area contributed by atoms with Gasteiger partial charge in [0.15, 0.2) is 5.78 Å². The molecule has 184 valence electrons. The van der Waals surface area contributed by atoms with E-state index in [1.807, 2.05) is 6.08 Å². The number of carbonyl (C=O) groups is 2. The summed E-state index contributed by atoms with van der Waals surface area (Å²) in [5, 5.41) is 8.67. The molecule has 0 spiro atoms. The van der Waals surface area contributed by atoms with E-state index in [-0.39, 0.29) is 47.6 Å². The largest absolute Gasteiger partial charge is 0.466 e. The van der Waals surface area contributed by atoms with Crippen LogP contribution in [0.5, 0.6) is 0 Å². The van der Waals surface area contributed by atoms with Crippen LogP contribution >= 0.6 is 25.0 Å². The maximum Gasteiger partial charge on any atom is 0.307 e. The summed E-state index contributed by atoms with van der Waals surface area (Å²) in [4.78, 5) is 28.3. The quantitative estimate of drug-likeness (QED) is 0.409. The van der Waals surface area contributed by atoms with Gasteiger partial charge in [-0.15, -0.1) is 12.4 Å². The summed E-state index contributed by atoms with van der Waals surface area (Å²) in [5.74, 6) is -0.510. The van der Waals surface area contributed by atoms with Crippen LogP contribution in [-0.4, -0.2) is 56.6 Å². The number of likely N-dealkylation sites (tertiary alicyclic amines) is 1. The van der Waals surface area contributed by atoms with Crippen molar-refractivity contribution in [1.82, 2.24) is 19.9 Å². The number of ether oxygens (including phenoxy) is 1. The van der Waals surface area contributed by atoms with Crippen LogP contribution in [-0.2, 0) is 20.9 Å². The van der Waals surface area contributed by atoms with E-state index >= 15 is 0 Å². The molecule has 4 rings (SSSR count). The van der Waals surface area contributed by atoms with E-state index in [0.29, 0.717) is 37.5 Å². The number of rotatable bonds is 9. The van der Waals surface area contributed by atoms with Crippen molar-refractivity contribution in [1.29, 1.82) is 0 Å². The number of piperidine rings is 1. The number of nitrogens with zero attached hydrogens (tertiary/aromatic N) is 4. The van der Waals surface area contributed by atoms with Gasteiger partial charge in [0.25, 0.3) is 0 Å². The Hall–Kier alpha value is -2.23. The second-order valence-corrected chi connectivity index (χ2v) is 9.14. The molecule has 2 fully saturated rings. The average molecular weight is 509 g/mol. The number of hydrogen-bond donors (Lipinski definition) is 1. The minimum Gasteiger partial charge on any atom is -0.466 e. The van der Waals surface area contributed by atoms with Crippen LogP contribution in [0.3, 0.4) is 0 Å². The molecule has 1 saturated heterocycles. The number of hydrogen-bond acceptors (Lipinski definition) is 7. The summed E-state index contributed by atoms with van der Waals surface area (Å²) >= 11 is 4.74. The lowest BCUT2D eigenvalue weighted by Crippen LogP contribution is -2.42. The van der Waals surface area contributed by atoms with Gasteiger partial charge in [0.05, 0.1) is 31.8 Å². The summed E-state index contributed by atoms with van der Waals surface area (Å²) in [6, 6.07) is 5.96. The van der Waals surface area contributed by atoms with Crippen LogP contribution in [0.15, 0.2) is 36.0 Å². The van der Waals surface area contributed by atoms with Crippen LogP contribution in [0.1, 0.15) is 49.9 Å². The van der Waals surface area contributed by atoms with Crippen molar-refractivity contribution in [2.75, 3.05) is 19.7 Å². The molecular weight excluding hydrogens is 479 g/mol. The standard InChI is InChI=1S/C24H29FN4O3S.ClH/c1-2-32-22(30)10-12-29-26-14-18(27-29)13-17-15-28(11-9-21(17)33)23(24(31)16-7-8-16)19-5-3-4-6-20(19)25;/h3-6,13-14,16,21,23,33H,2,7-12,15H2,1H3;1H/b17-13+;. The van der Waals surface area contributed by atoms with Gasteiger partial charge in [-0.1, -0.05) is 18.2 Å². The zero-order valence-corrected chi connectivity index (χ0v) is 20.8. The van der Waals surface area contributed by atoms with E-state index in [0.717, 1.165) is 24.8 Å². The number of esters is 1. The smallest absolute Gasteiger partial charge is 0.307 e. The first-order valence-electron chi connectivity index (χ1n) is 11.4. The fourth-order valence-electron chi connectivity index (χ4n) is 4.17. The number of Topliss-reactive ketones (excluding diaryl/α,β-unsaturated/α-hetero) is 1. The van der Waals surface area contributed by atoms with Crippen molar-refractivity contribution in [3.05, 3.63) is 53.1 Å². The molecule has 2 aliphatic rings. The maximum absolute atomic E-state index is 14.7. The van der Waals surface area contributed by atoms with Gasteiger partial charge in [-0.25, -0.2) is 4.39 Å². The number of aromatic nitrogens is 3. The summed E-state index contributed by atoms with van der Waals surface area (Å²) in [6.45, 7) is 3.62. The van der Waals surface area contributed by atoms with Crippen LogP contribution in [0.25, 0.3) is 6.08 Å². The van der Waals surface area contributed by atoms with Crippen LogP contribution in [0, 0.1) is 11.7 Å². The highest BCUT2D eigenvalue weighted by molar-refractivity contribution is 7.81. The van der Waals surface area contributed by atoms with Crippen LogP contribution in [0.2, 0.25) is 0 Å². The van der Waals surface area contributed by atoms with Gasteiger partial charge in [-0.05, 0) is 43.9 Å².